The molecule has 0 aliphatic heterocycles. The van der Waals surface area contributed by atoms with Crippen LogP contribution >= 0.6 is 15.9 Å². The first-order valence-electron chi connectivity index (χ1n) is 5.71. The number of benzene rings is 1. The molecule has 1 N–H and O–H groups in total. The van der Waals surface area contributed by atoms with Crippen molar-refractivity contribution in [3.05, 3.63) is 28.2 Å². The van der Waals surface area contributed by atoms with Gasteiger partial charge in [0.25, 0.3) is 5.91 Å². The van der Waals surface area contributed by atoms with Gasteiger partial charge in [0.15, 0.2) is 9.84 Å². The summed E-state index contributed by atoms with van der Waals surface area (Å²) in [6.07, 6.45) is 0. The number of carbonyl (C=O) groups is 1. The fourth-order valence-corrected chi connectivity index (χ4v) is 2.48. The van der Waals surface area contributed by atoms with Gasteiger partial charge in [-0.15, -0.1) is 0 Å². The molecule has 5 nitrogen and oxygen atoms in total. The lowest BCUT2D eigenvalue weighted by Crippen LogP contribution is -2.29. The lowest BCUT2D eigenvalue weighted by Gasteiger charge is -2.09. The van der Waals surface area contributed by atoms with Gasteiger partial charge < -0.3 is 10.1 Å². The summed E-state index contributed by atoms with van der Waals surface area (Å²) in [5.74, 6) is 0.0951. The van der Waals surface area contributed by atoms with Crippen LogP contribution in [-0.4, -0.2) is 39.5 Å². The first-order valence-corrected chi connectivity index (χ1v) is 8.33. The van der Waals surface area contributed by atoms with E-state index in [-0.39, 0.29) is 24.0 Å². The second kappa shape index (κ2) is 6.91. The number of methoxy groups -OCH3 is 1. The summed E-state index contributed by atoms with van der Waals surface area (Å²) in [6, 6.07) is 5.06. The highest BCUT2D eigenvalue weighted by molar-refractivity contribution is 9.10. The maximum absolute atomic E-state index is 11.9. The van der Waals surface area contributed by atoms with Crippen molar-refractivity contribution in [2.45, 2.75) is 6.92 Å². The minimum atomic E-state index is -3.08. The van der Waals surface area contributed by atoms with Crippen molar-refractivity contribution in [1.29, 1.82) is 0 Å². The van der Waals surface area contributed by atoms with Crippen molar-refractivity contribution in [2.24, 2.45) is 0 Å². The summed E-state index contributed by atoms with van der Waals surface area (Å²) in [7, 11) is -1.60. The number of carbonyl (C=O) groups excluding carboxylic acids is 1. The number of hydrogen-bond acceptors (Lipinski definition) is 4. The zero-order chi connectivity index (χ0) is 14.5. The van der Waals surface area contributed by atoms with E-state index >= 15 is 0 Å². The number of ether oxygens (including phenoxy) is 1. The topological polar surface area (TPSA) is 72.5 Å². The van der Waals surface area contributed by atoms with Crippen molar-refractivity contribution < 1.29 is 17.9 Å². The largest absolute Gasteiger partial charge is 0.496 e. The van der Waals surface area contributed by atoms with Crippen LogP contribution in [-0.2, 0) is 9.84 Å². The van der Waals surface area contributed by atoms with E-state index in [0.29, 0.717) is 11.3 Å². The molecular weight excluding hydrogens is 334 g/mol. The molecule has 0 atom stereocenters. The van der Waals surface area contributed by atoms with Crippen molar-refractivity contribution >= 4 is 31.7 Å². The zero-order valence-electron chi connectivity index (χ0n) is 10.8. The summed E-state index contributed by atoms with van der Waals surface area (Å²) in [5.41, 5.74) is 0.366. The smallest absolute Gasteiger partial charge is 0.255 e. The van der Waals surface area contributed by atoms with Gasteiger partial charge in [-0.1, -0.05) is 22.9 Å². The van der Waals surface area contributed by atoms with E-state index in [0.717, 1.165) is 4.47 Å². The van der Waals surface area contributed by atoms with Crippen LogP contribution in [0.5, 0.6) is 5.75 Å². The first-order chi connectivity index (χ1) is 8.89. The third-order valence-corrected chi connectivity index (χ3v) is 4.74. The van der Waals surface area contributed by atoms with Crippen LogP contribution in [0.4, 0.5) is 0 Å². The number of rotatable bonds is 6. The summed E-state index contributed by atoms with van der Waals surface area (Å²) in [4.78, 5) is 11.9. The summed E-state index contributed by atoms with van der Waals surface area (Å²) >= 11 is 3.27. The Hall–Kier alpha value is -1.08. The van der Waals surface area contributed by atoms with E-state index in [9.17, 15) is 13.2 Å². The molecule has 0 heterocycles. The van der Waals surface area contributed by atoms with Crippen molar-refractivity contribution in [2.75, 3.05) is 25.2 Å². The number of sulfone groups is 1. The number of hydrogen-bond donors (Lipinski definition) is 1. The third-order valence-electron chi connectivity index (χ3n) is 2.54. The Balaban J connectivity index is 2.71. The monoisotopic (exact) mass is 349 g/mol. The minimum Gasteiger partial charge on any atom is -0.496 e. The Morgan fingerprint density at radius 1 is 1.42 bits per heavy atom. The van der Waals surface area contributed by atoms with Crippen LogP contribution in [0.1, 0.15) is 17.3 Å². The predicted octanol–water partition coefficient (Wildman–Crippen LogP) is 1.62. The highest BCUT2D eigenvalue weighted by Crippen LogP contribution is 2.22. The Morgan fingerprint density at radius 2 is 2.11 bits per heavy atom. The standard InChI is InChI=1S/C12H16BrNO4S/c1-3-19(16,17)7-6-14-12(15)10-8-9(13)4-5-11(10)18-2/h4-5,8H,3,6-7H2,1-2H3,(H,14,15). The molecule has 1 amide bonds. The van der Waals surface area contributed by atoms with Crippen LogP contribution in [0.2, 0.25) is 0 Å². The van der Waals surface area contributed by atoms with E-state index in [1.807, 2.05) is 0 Å². The van der Waals surface area contributed by atoms with E-state index in [1.54, 1.807) is 25.1 Å². The Morgan fingerprint density at radius 3 is 2.68 bits per heavy atom. The Bertz CT molecular complexity index is 557. The van der Waals surface area contributed by atoms with Crippen LogP contribution < -0.4 is 10.1 Å². The van der Waals surface area contributed by atoms with Crippen LogP contribution in [0.3, 0.4) is 0 Å². The van der Waals surface area contributed by atoms with Gasteiger partial charge in [-0.25, -0.2) is 8.42 Å². The van der Waals surface area contributed by atoms with Crippen LogP contribution in [0.15, 0.2) is 22.7 Å². The van der Waals surface area contributed by atoms with Gasteiger partial charge in [0.1, 0.15) is 5.75 Å². The molecule has 0 unspecified atom stereocenters. The predicted molar refractivity (Wildman–Crippen MR) is 77.4 cm³/mol. The number of halogens is 1. The fraction of sp³-hybridized carbons (Fsp3) is 0.417. The molecule has 0 radical (unpaired) electrons. The molecular formula is C12H16BrNO4S. The first kappa shape index (κ1) is 16.0. The molecule has 0 bridgehead atoms. The molecule has 1 aromatic rings. The van der Waals surface area contributed by atoms with Crippen LogP contribution in [0, 0.1) is 0 Å². The second-order valence-electron chi connectivity index (χ2n) is 3.84. The van der Waals surface area contributed by atoms with Crippen LogP contribution in [0.25, 0.3) is 0 Å². The van der Waals surface area contributed by atoms with E-state index in [1.165, 1.54) is 7.11 Å². The average molecular weight is 350 g/mol. The van der Waals surface area contributed by atoms with Gasteiger partial charge in [0.2, 0.25) is 0 Å². The van der Waals surface area contributed by atoms with Gasteiger partial charge in [0, 0.05) is 16.8 Å². The molecule has 1 aromatic carbocycles. The maximum Gasteiger partial charge on any atom is 0.255 e. The summed E-state index contributed by atoms with van der Waals surface area (Å²) in [5, 5.41) is 2.57. The lowest BCUT2D eigenvalue weighted by atomic mass is 10.2. The van der Waals surface area contributed by atoms with Crippen molar-refractivity contribution in [1.82, 2.24) is 5.32 Å². The normalized spacial score (nSPS) is 11.1. The molecule has 0 spiro atoms. The number of nitrogens with one attached hydrogen (secondary N) is 1. The SMILES string of the molecule is CCS(=O)(=O)CCNC(=O)c1cc(Br)ccc1OC. The van der Waals surface area contributed by atoms with Crippen molar-refractivity contribution in [3.63, 3.8) is 0 Å². The van der Waals surface area contributed by atoms with E-state index < -0.39 is 9.84 Å². The summed E-state index contributed by atoms with van der Waals surface area (Å²) < 4.78 is 28.5. The third kappa shape index (κ3) is 4.83. The van der Waals surface area contributed by atoms with Gasteiger partial charge >= 0.3 is 0 Å². The molecule has 7 heteroatoms. The lowest BCUT2D eigenvalue weighted by molar-refractivity contribution is 0.0953. The average Bonchev–Trinajstić information content (AvgIpc) is 2.38. The fourth-order valence-electron chi connectivity index (χ4n) is 1.42. The highest BCUT2D eigenvalue weighted by Gasteiger charge is 2.14. The second-order valence-corrected chi connectivity index (χ2v) is 7.23. The van der Waals surface area contributed by atoms with Gasteiger partial charge in [0.05, 0.1) is 18.4 Å². The van der Waals surface area contributed by atoms with E-state index in [2.05, 4.69) is 21.2 Å². The minimum absolute atomic E-state index is 0.0639. The van der Waals surface area contributed by atoms with E-state index in [4.69, 9.17) is 4.74 Å². The van der Waals surface area contributed by atoms with Gasteiger partial charge in [-0.2, -0.15) is 0 Å². The summed E-state index contributed by atoms with van der Waals surface area (Å²) in [6.45, 7) is 1.67. The molecule has 0 saturated carbocycles. The number of amides is 1. The molecule has 0 fully saturated rings. The quantitative estimate of drug-likeness (QED) is 0.846. The van der Waals surface area contributed by atoms with Crippen molar-refractivity contribution in [3.8, 4) is 5.75 Å². The molecule has 19 heavy (non-hydrogen) atoms. The molecule has 0 aliphatic rings. The highest BCUT2D eigenvalue weighted by atomic mass is 79.9. The Labute approximate surface area is 121 Å². The molecule has 0 aliphatic carbocycles. The molecule has 0 saturated heterocycles. The zero-order valence-corrected chi connectivity index (χ0v) is 13.2. The molecule has 1 rings (SSSR count). The van der Waals surface area contributed by atoms with Gasteiger partial charge in [-0.3, -0.25) is 4.79 Å². The Kier molecular flexibility index (Phi) is 5.81. The van der Waals surface area contributed by atoms with Gasteiger partial charge in [-0.05, 0) is 18.2 Å². The maximum atomic E-state index is 11.9. The molecule has 106 valence electrons. The molecule has 0 aromatic heterocycles.